The van der Waals surface area contributed by atoms with Crippen LogP contribution in [0, 0.1) is 18.8 Å². The van der Waals surface area contributed by atoms with Crippen LogP contribution in [0.1, 0.15) is 25.8 Å². The molecule has 1 spiro atoms. The number of sulfonamides is 1. The van der Waals surface area contributed by atoms with Crippen molar-refractivity contribution in [2.24, 2.45) is 11.8 Å². The minimum absolute atomic E-state index is 0.0801. The van der Waals surface area contributed by atoms with Crippen molar-refractivity contribution < 1.29 is 13.3 Å². The van der Waals surface area contributed by atoms with Gasteiger partial charge in [-0.2, -0.15) is 9.37 Å². The summed E-state index contributed by atoms with van der Waals surface area (Å²) in [6, 6.07) is 7.19. The van der Waals surface area contributed by atoms with Gasteiger partial charge < -0.3 is 0 Å². The van der Waals surface area contributed by atoms with Gasteiger partial charge in [0.25, 0.3) is 0 Å². The lowest BCUT2D eigenvalue weighted by molar-refractivity contribution is -0.166. The molecule has 6 heteroatoms. The molecule has 0 radical (unpaired) electrons. The van der Waals surface area contributed by atoms with Crippen molar-refractivity contribution in [1.82, 2.24) is 9.37 Å². The Morgan fingerprint density at radius 3 is 2.39 bits per heavy atom. The number of hydrogen-bond acceptors (Lipinski definition) is 4. The summed E-state index contributed by atoms with van der Waals surface area (Å²) < 4.78 is 27.8. The molecular weight excluding hydrogens is 312 g/mol. The van der Waals surface area contributed by atoms with Gasteiger partial charge in [0.1, 0.15) is 0 Å². The van der Waals surface area contributed by atoms with Gasteiger partial charge in [-0.15, -0.1) is 0 Å². The molecule has 2 aliphatic heterocycles. The molecule has 0 aromatic heterocycles. The van der Waals surface area contributed by atoms with Gasteiger partial charge in [-0.1, -0.05) is 24.6 Å². The van der Waals surface area contributed by atoms with E-state index in [2.05, 4.69) is 6.92 Å². The van der Waals surface area contributed by atoms with Crippen LogP contribution < -0.4 is 0 Å². The molecule has 2 saturated heterocycles. The van der Waals surface area contributed by atoms with Crippen LogP contribution in [0.3, 0.4) is 0 Å². The summed E-state index contributed by atoms with van der Waals surface area (Å²) in [7, 11) is -1.52. The Bertz CT molecular complexity index is 733. The topological polar surface area (TPSA) is 49.9 Å². The highest BCUT2D eigenvalue weighted by Gasteiger charge is 2.70. The van der Waals surface area contributed by atoms with Crippen LogP contribution in [0.25, 0.3) is 0 Å². The number of fused-ring (bicyclic) bond motifs is 2. The number of nitrogens with zero attached hydrogens (tertiary/aromatic N) is 2. The summed E-state index contributed by atoms with van der Waals surface area (Å²) in [4.78, 5) is 6.49. The Labute approximate surface area is 138 Å². The zero-order chi connectivity index (χ0) is 16.6. The van der Waals surface area contributed by atoms with Gasteiger partial charge in [0.05, 0.1) is 16.5 Å². The first kappa shape index (κ1) is 15.6. The van der Waals surface area contributed by atoms with E-state index in [1.807, 2.05) is 38.1 Å². The first-order chi connectivity index (χ1) is 10.8. The van der Waals surface area contributed by atoms with E-state index in [0.29, 0.717) is 17.4 Å². The summed E-state index contributed by atoms with van der Waals surface area (Å²) in [5.41, 5.74) is 0.930. The maximum Gasteiger partial charge on any atom is 0.243 e. The third kappa shape index (κ3) is 2.05. The molecule has 1 saturated carbocycles. The van der Waals surface area contributed by atoms with E-state index in [9.17, 15) is 8.42 Å². The molecule has 2 heterocycles. The lowest BCUT2D eigenvalue weighted by Crippen LogP contribution is -2.42. The quantitative estimate of drug-likeness (QED) is 0.829. The van der Waals surface area contributed by atoms with Gasteiger partial charge in [0.15, 0.2) is 0 Å². The lowest BCUT2D eigenvalue weighted by atomic mass is 9.92. The second-order valence-electron chi connectivity index (χ2n) is 7.42. The molecule has 3 fully saturated rings. The number of rotatable bonds is 2. The number of aryl methyl sites for hydroxylation is 1. The fourth-order valence-electron chi connectivity index (χ4n) is 4.60. The fraction of sp³-hybridized carbons (Fsp3) is 0.647. The summed E-state index contributed by atoms with van der Waals surface area (Å²) in [6.45, 7) is 6.71. The zero-order valence-electron chi connectivity index (χ0n) is 14.1. The van der Waals surface area contributed by atoms with E-state index in [-0.39, 0.29) is 23.6 Å². The molecule has 5 nitrogen and oxygen atoms in total. The monoisotopic (exact) mass is 336 g/mol. The van der Waals surface area contributed by atoms with Crippen molar-refractivity contribution in [2.75, 3.05) is 13.6 Å². The van der Waals surface area contributed by atoms with E-state index >= 15 is 0 Å². The van der Waals surface area contributed by atoms with Gasteiger partial charge in [0, 0.05) is 25.6 Å². The van der Waals surface area contributed by atoms with Crippen LogP contribution >= 0.6 is 0 Å². The predicted molar refractivity (Wildman–Crippen MR) is 87.2 cm³/mol. The second-order valence-corrected chi connectivity index (χ2v) is 9.31. The van der Waals surface area contributed by atoms with E-state index in [4.69, 9.17) is 4.84 Å². The molecule has 23 heavy (non-hydrogen) atoms. The van der Waals surface area contributed by atoms with E-state index in [1.165, 1.54) is 0 Å². The Morgan fingerprint density at radius 1 is 1.22 bits per heavy atom. The van der Waals surface area contributed by atoms with Crippen molar-refractivity contribution in [3.8, 4) is 0 Å². The smallest absolute Gasteiger partial charge is 0.243 e. The molecule has 0 amide bonds. The van der Waals surface area contributed by atoms with Crippen molar-refractivity contribution in [3.63, 3.8) is 0 Å². The highest BCUT2D eigenvalue weighted by Crippen LogP contribution is 2.60. The number of likely N-dealkylation sites (N-methyl/N-ethyl adjacent to an activating group) is 1. The van der Waals surface area contributed by atoms with Crippen molar-refractivity contribution in [1.29, 1.82) is 0 Å². The predicted octanol–water partition coefficient (Wildman–Crippen LogP) is 2.03. The summed E-state index contributed by atoms with van der Waals surface area (Å²) in [5, 5.41) is 1.91. The maximum absolute atomic E-state index is 13.1. The van der Waals surface area contributed by atoms with Crippen LogP contribution in [0.5, 0.6) is 0 Å². The molecule has 1 aliphatic carbocycles. The first-order valence-corrected chi connectivity index (χ1v) is 9.72. The highest BCUT2D eigenvalue weighted by atomic mass is 32.2. The number of benzene rings is 1. The van der Waals surface area contributed by atoms with Crippen LogP contribution in [0.4, 0.5) is 0 Å². The van der Waals surface area contributed by atoms with Gasteiger partial charge in [-0.25, -0.2) is 8.42 Å². The minimum atomic E-state index is -3.46. The van der Waals surface area contributed by atoms with Crippen molar-refractivity contribution >= 4 is 10.0 Å². The second kappa shape index (κ2) is 4.79. The third-order valence-electron chi connectivity index (χ3n) is 6.03. The zero-order valence-corrected chi connectivity index (χ0v) is 14.9. The Kier molecular flexibility index (Phi) is 3.24. The van der Waals surface area contributed by atoms with E-state index in [1.54, 1.807) is 16.4 Å². The standard InChI is InChI=1S/C17H24N2O3S/c1-11-5-7-14(8-6-11)23(20,21)19-10-15-16(13(19)3)18(4)22-17(15)9-12(17)2/h5-8,12-13,15-16H,9-10H2,1-4H3/t12-,13-,15-,16+,17-/m0/s1. The first-order valence-electron chi connectivity index (χ1n) is 8.28. The van der Waals surface area contributed by atoms with Gasteiger partial charge in [0.2, 0.25) is 10.0 Å². The molecular formula is C17H24N2O3S. The largest absolute Gasteiger partial charge is 0.292 e. The average molecular weight is 336 g/mol. The highest BCUT2D eigenvalue weighted by molar-refractivity contribution is 7.89. The van der Waals surface area contributed by atoms with Gasteiger partial charge in [-0.05, 0) is 38.3 Å². The normalized spacial score (nSPS) is 40.7. The van der Waals surface area contributed by atoms with Gasteiger partial charge >= 0.3 is 0 Å². The average Bonchev–Trinajstić information content (AvgIpc) is 2.87. The van der Waals surface area contributed by atoms with Crippen LogP contribution in [0.15, 0.2) is 29.2 Å². The molecule has 5 atom stereocenters. The third-order valence-corrected chi connectivity index (χ3v) is 7.99. The molecule has 1 aromatic rings. The Balaban J connectivity index is 1.67. The van der Waals surface area contributed by atoms with Crippen molar-refractivity contribution in [3.05, 3.63) is 29.8 Å². The number of hydrogen-bond donors (Lipinski definition) is 0. The molecule has 0 bridgehead atoms. The lowest BCUT2D eigenvalue weighted by Gasteiger charge is -2.27. The minimum Gasteiger partial charge on any atom is -0.292 e. The Hall–Kier alpha value is -0.950. The molecule has 4 rings (SSSR count). The Morgan fingerprint density at radius 2 is 1.83 bits per heavy atom. The molecule has 0 unspecified atom stereocenters. The summed E-state index contributed by atoms with van der Waals surface area (Å²) >= 11 is 0. The summed E-state index contributed by atoms with van der Waals surface area (Å²) in [5.74, 6) is 0.770. The molecule has 3 aliphatic rings. The van der Waals surface area contributed by atoms with Crippen LogP contribution in [-0.4, -0.2) is 49.1 Å². The van der Waals surface area contributed by atoms with Crippen LogP contribution in [0.2, 0.25) is 0 Å². The molecule has 0 N–H and O–H groups in total. The van der Waals surface area contributed by atoms with E-state index < -0.39 is 10.0 Å². The SMILES string of the molecule is Cc1ccc(S(=O)(=O)N2C[C@H]3[C@@H]([C@@H]2C)N(C)O[C@]32C[C@@H]2C)cc1. The summed E-state index contributed by atoms with van der Waals surface area (Å²) in [6.07, 6.45) is 1.03. The van der Waals surface area contributed by atoms with Gasteiger partial charge in [-0.3, -0.25) is 4.84 Å². The van der Waals surface area contributed by atoms with Crippen molar-refractivity contribution in [2.45, 2.75) is 49.8 Å². The molecule has 126 valence electrons. The molecule has 1 aromatic carbocycles. The van der Waals surface area contributed by atoms with E-state index in [0.717, 1.165) is 12.0 Å². The number of hydroxylamine groups is 2. The van der Waals surface area contributed by atoms with Crippen LogP contribution in [-0.2, 0) is 14.9 Å². The maximum atomic E-state index is 13.1. The fourth-order valence-corrected chi connectivity index (χ4v) is 6.27.